The summed E-state index contributed by atoms with van der Waals surface area (Å²) in [4.78, 5) is 26.6. The first-order valence-electron chi connectivity index (χ1n) is 9.58. The van der Waals surface area contributed by atoms with Crippen LogP contribution in [0.4, 0.5) is 10.1 Å². The quantitative estimate of drug-likeness (QED) is 0.756. The number of thiocarbonyl (C=S) groups is 1. The number of aromatic nitrogens is 1. The maximum Gasteiger partial charge on any atom is 0.250 e. The number of amides is 1. The fraction of sp³-hybridized carbons (Fsp3) is 0.381. The molecule has 1 fully saturated rings. The summed E-state index contributed by atoms with van der Waals surface area (Å²) in [5.74, 6) is 0.243. The number of thioether (sulfide) groups is 1. The lowest BCUT2D eigenvalue weighted by Gasteiger charge is -2.43. The van der Waals surface area contributed by atoms with Crippen LogP contribution in [0.2, 0.25) is 0 Å². The average Bonchev–Trinajstić information content (AvgIpc) is 2.69. The van der Waals surface area contributed by atoms with Crippen molar-refractivity contribution in [2.75, 3.05) is 24.2 Å². The Kier molecular flexibility index (Phi) is 5.74. The molecule has 0 aliphatic carbocycles. The van der Waals surface area contributed by atoms with Crippen LogP contribution in [0.1, 0.15) is 23.6 Å². The lowest BCUT2D eigenvalue weighted by atomic mass is 9.83. The zero-order valence-corrected chi connectivity index (χ0v) is 17.7. The molecule has 5 nitrogen and oxygen atoms in total. The second-order valence-electron chi connectivity index (χ2n) is 7.67. The molecule has 152 valence electrons. The Bertz CT molecular complexity index is 1020. The number of benzene rings is 1. The third-order valence-corrected chi connectivity index (χ3v) is 7.06. The molecule has 2 bridgehead atoms. The number of rotatable bonds is 3. The van der Waals surface area contributed by atoms with Gasteiger partial charge in [0.15, 0.2) is 0 Å². The van der Waals surface area contributed by atoms with Gasteiger partial charge in [-0.05, 0) is 43.0 Å². The van der Waals surface area contributed by atoms with Crippen LogP contribution in [0.5, 0.6) is 0 Å². The minimum absolute atomic E-state index is 0.0620. The number of fused-ring (bicyclic) bond motifs is 4. The molecule has 3 heterocycles. The Labute approximate surface area is 178 Å². The highest BCUT2D eigenvalue weighted by atomic mass is 32.2. The molecule has 29 heavy (non-hydrogen) atoms. The maximum absolute atomic E-state index is 13.4. The number of carbonyl (C=O) groups excluding carboxylic acids is 1. The van der Waals surface area contributed by atoms with E-state index in [0.717, 1.165) is 30.8 Å². The zero-order valence-electron chi connectivity index (χ0n) is 16.1. The average molecular weight is 432 g/mol. The van der Waals surface area contributed by atoms with Gasteiger partial charge in [0.2, 0.25) is 5.91 Å². The van der Waals surface area contributed by atoms with Gasteiger partial charge in [-0.15, -0.1) is 0 Å². The Morgan fingerprint density at radius 2 is 2.10 bits per heavy atom. The van der Waals surface area contributed by atoms with Crippen LogP contribution in [0, 0.1) is 18.7 Å². The number of nitrogens with zero attached hydrogens (tertiary/aromatic N) is 2. The summed E-state index contributed by atoms with van der Waals surface area (Å²) in [6.45, 7) is 4.10. The van der Waals surface area contributed by atoms with Gasteiger partial charge in [0.1, 0.15) is 10.1 Å². The molecule has 2 aromatic rings. The van der Waals surface area contributed by atoms with Crippen molar-refractivity contribution in [2.24, 2.45) is 5.92 Å². The predicted octanol–water partition coefficient (Wildman–Crippen LogP) is 3.37. The monoisotopic (exact) mass is 431 g/mol. The summed E-state index contributed by atoms with van der Waals surface area (Å²) >= 11 is 6.91. The number of nitrogens with one attached hydrogen (secondary N) is 1. The van der Waals surface area contributed by atoms with Gasteiger partial charge in [-0.1, -0.05) is 36.1 Å². The summed E-state index contributed by atoms with van der Waals surface area (Å²) in [5.41, 5.74) is 2.43. The molecule has 2 aliphatic heterocycles. The Morgan fingerprint density at radius 1 is 1.28 bits per heavy atom. The molecule has 0 spiro atoms. The largest absolute Gasteiger partial charge is 0.356 e. The van der Waals surface area contributed by atoms with Crippen LogP contribution >= 0.6 is 24.0 Å². The normalized spacial score (nSPS) is 20.1. The first-order chi connectivity index (χ1) is 13.9. The van der Waals surface area contributed by atoms with Gasteiger partial charge in [0.05, 0.1) is 5.75 Å². The topological polar surface area (TPSA) is 54.3 Å². The van der Waals surface area contributed by atoms with Crippen LogP contribution < -0.4 is 10.9 Å². The molecule has 1 saturated heterocycles. The van der Waals surface area contributed by atoms with Crippen molar-refractivity contribution >= 4 is 39.9 Å². The van der Waals surface area contributed by atoms with E-state index in [2.05, 4.69) is 10.2 Å². The van der Waals surface area contributed by atoms with Gasteiger partial charge in [-0.3, -0.25) is 9.59 Å². The molecule has 0 saturated carbocycles. The van der Waals surface area contributed by atoms with E-state index in [0.29, 0.717) is 22.5 Å². The van der Waals surface area contributed by atoms with E-state index in [4.69, 9.17) is 12.2 Å². The number of piperidine rings is 1. The van der Waals surface area contributed by atoms with Crippen molar-refractivity contribution < 1.29 is 9.18 Å². The SMILES string of the molecule is Cc1ccc(F)cc1NC(=O)CSC(=S)N1CC2CC(C1)c1cccc(=O)n1C2. The number of likely N-dealkylation sites (tertiary alicyclic amines) is 1. The highest BCUT2D eigenvalue weighted by Gasteiger charge is 2.35. The van der Waals surface area contributed by atoms with Gasteiger partial charge < -0.3 is 14.8 Å². The number of carbonyl (C=O) groups is 1. The number of pyridine rings is 1. The van der Waals surface area contributed by atoms with Crippen molar-refractivity contribution in [3.05, 3.63) is 63.8 Å². The summed E-state index contributed by atoms with van der Waals surface area (Å²) in [6, 6.07) is 9.78. The highest BCUT2D eigenvalue weighted by molar-refractivity contribution is 8.23. The van der Waals surface area contributed by atoms with Gasteiger partial charge >= 0.3 is 0 Å². The summed E-state index contributed by atoms with van der Waals surface area (Å²) in [7, 11) is 0. The number of hydrogen-bond donors (Lipinski definition) is 1. The van der Waals surface area contributed by atoms with E-state index in [-0.39, 0.29) is 29.0 Å². The molecule has 1 amide bonds. The van der Waals surface area contributed by atoms with Gasteiger partial charge in [-0.2, -0.15) is 0 Å². The zero-order chi connectivity index (χ0) is 20.5. The first kappa shape index (κ1) is 20.1. The summed E-state index contributed by atoms with van der Waals surface area (Å²) < 4.78 is 16.0. The van der Waals surface area contributed by atoms with E-state index < -0.39 is 0 Å². The molecule has 2 unspecified atom stereocenters. The fourth-order valence-corrected chi connectivity index (χ4v) is 5.16. The lowest BCUT2D eigenvalue weighted by Crippen LogP contribution is -2.48. The maximum atomic E-state index is 13.4. The van der Waals surface area contributed by atoms with E-state index >= 15 is 0 Å². The van der Waals surface area contributed by atoms with Crippen molar-refractivity contribution in [2.45, 2.75) is 25.8 Å². The molecular weight excluding hydrogens is 409 g/mol. The van der Waals surface area contributed by atoms with Crippen LogP contribution in [0.3, 0.4) is 0 Å². The predicted molar refractivity (Wildman–Crippen MR) is 118 cm³/mol. The third kappa shape index (κ3) is 4.38. The third-order valence-electron chi connectivity index (χ3n) is 5.54. The standard InChI is InChI=1S/C21H22FN3O2S2/c1-13-5-6-16(22)8-17(13)23-19(26)12-29-21(28)24-9-14-7-15(11-24)18-3-2-4-20(27)25(18)10-14/h2-6,8,14-15H,7,9-12H2,1H3,(H,23,26). The highest BCUT2D eigenvalue weighted by Crippen LogP contribution is 2.36. The Morgan fingerprint density at radius 3 is 2.93 bits per heavy atom. The minimum atomic E-state index is -0.381. The molecule has 1 aromatic carbocycles. The molecule has 4 rings (SSSR count). The smallest absolute Gasteiger partial charge is 0.250 e. The van der Waals surface area contributed by atoms with Crippen molar-refractivity contribution in [3.8, 4) is 0 Å². The Hall–Kier alpha value is -2.19. The van der Waals surface area contributed by atoms with E-state index in [9.17, 15) is 14.0 Å². The van der Waals surface area contributed by atoms with Gasteiger partial charge in [-0.25, -0.2) is 4.39 Å². The second-order valence-corrected chi connectivity index (χ2v) is 9.27. The van der Waals surface area contributed by atoms with E-state index in [1.54, 1.807) is 12.1 Å². The van der Waals surface area contributed by atoms with Crippen LogP contribution in [0.25, 0.3) is 0 Å². The fourth-order valence-electron chi connectivity index (χ4n) is 4.18. The minimum Gasteiger partial charge on any atom is -0.356 e. The molecule has 2 aliphatic rings. The van der Waals surface area contributed by atoms with Gasteiger partial charge in [0.25, 0.3) is 5.56 Å². The van der Waals surface area contributed by atoms with E-state index in [1.807, 2.05) is 23.6 Å². The molecule has 2 atom stereocenters. The first-order valence-corrected chi connectivity index (χ1v) is 11.0. The second kappa shape index (κ2) is 8.28. The molecule has 0 radical (unpaired) electrons. The molecular formula is C21H22FN3O2S2. The molecule has 8 heteroatoms. The van der Waals surface area contributed by atoms with Crippen LogP contribution in [-0.2, 0) is 11.3 Å². The van der Waals surface area contributed by atoms with Crippen molar-refractivity contribution in [1.82, 2.24) is 9.47 Å². The van der Waals surface area contributed by atoms with Crippen molar-refractivity contribution in [3.63, 3.8) is 0 Å². The molecule has 1 N–H and O–H groups in total. The number of aryl methyl sites for hydroxylation is 1. The van der Waals surface area contributed by atoms with E-state index in [1.165, 1.54) is 23.9 Å². The number of hydrogen-bond acceptors (Lipinski definition) is 4. The summed E-state index contributed by atoms with van der Waals surface area (Å²) in [5, 5.41) is 2.75. The van der Waals surface area contributed by atoms with Crippen LogP contribution in [0.15, 0.2) is 41.2 Å². The summed E-state index contributed by atoms with van der Waals surface area (Å²) in [6.07, 6.45) is 1.06. The Balaban J connectivity index is 1.36. The van der Waals surface area contributed by atoms with Gasteiger partial charge in [0, 0.05) is 43.0 Å². The molecule has 1 aromatic heterocycles. The number of halogens is 1. The lowest BCUT2D eigenvalue weighted by molar-refractivity contribution is -0.113. The van der Waals surface area contributed by atoms with Crippen LogP contribution in [-0.4, -0.2) is 38.5 Å². The van der Waals surface area contributed by atoms with Crippen molar-refractivity contribution in [1.29, 1.82) is 0 Å². The number of anilines is 1.